The second kappa shape index (κ2) is 4.75. The standard InChI is InChI=1S/C21H36O2/c1-18-11-6-5-7-14(18)8-9-15-16-10-12-21(4,23)19(16,2)13-20(3,22)17(15)18/h14-17,22-23H,5-13H2,1-4H3/t14-,15-,16-,17-,18-,19-,20+,21+/m0/s1. The van der Waals surface area contributed by atoms with Gasteiger partial charge in [0.15, 0.2) is 0 Å². The van der Waals surface area contributed by atoms with Crippen molar-refractivity contribution in [2.24, 2.45) is 34.5 Å². The highest BCUT2D eigenvalue weighted by Gasteiger charge is 2.68. The molecule has 4 saturated carbocycles. The summed E-state index contributed by atoms with van der Waals surface area (Å²) >= 11 is 0. The maximum Gasteiger partial charge on any atom is 0.0677 e. The molecule has 0 aromatic heterocycles. The lowest BCUT2D eigenvalue weighted by molar-refractivity contribution is -0.231. The predicted octanol–water partition coefficient (Wildman–Crippen LogP) is 4.53. The van der Waals surface area contributed by atoms with Gasteiger partial charge in [0, 0.05) is 5.41 Å². The number of aliphatic hydroxyl groups is 2. The van der Waals surface area contributed by atoms with Gasteiger partial charge in [-0.3, -0.25) is 0 Å². The minimum Gasteiger partial charge on any atom is -0.390 e. The number of hydrogen-bond donors (Lipinski definition) is 2. The molecule has 4 fully saturated rings. The van der Waals surface area contributed by atoms with Gasteiger partial charge in [0.25, 0.3) is 0 Å². The van der Waals surface area contributed by atoms with Crippen LogP contribution in [0.15, 0.2) is 0 Å². The van der Waals surface area contributed by atoms with Crippen LogP contribution in [0.1, 0.15) is 85.5 Å². The summed E-state index contributed by atoms with van der Waals surface area (Å²) in [6.45, 7) is 8.89. The van der Waals surface area contributed by atoms with Crippen molar-refractivity contribution in [3.63, 3.8) is 0 Å². The molecule has 132 valence electrons. The zero-order valence-electron chi connectivity index (χ0n) is 15.6. The van der Waals surface area contributed by atoms with Crippen LogP contribution >= 0.6 is 0 Å². The Kier molecular flexibility index (Phi) is 3.39. The molecule has 0 bridgehead atoms. The molecule has 2 heteroatoms. The van der Waals surface area contributed by atoms with Gasteiger partial charge in [-0.25, -0.2) is 0 Å². The molecule has 4 rings (SSSR count). The Labute approximate surface area is 142 Å². The second-order valence-electron chi connectivity index (χ2n) is 10.5. The minimum absolute atomic E-state index is 0.116. The number of rotatable bonds is 0. The average Bonchev–Trinajstić information content (AvgIpc) is 2.66. The van der Waals surface area contributed by atoms with Gasteiger partial charge in [-0.1, -0.05) is 26.7 Å². The molecule has 0 heterocycles. The Hall–Kier alpha value is -0.0800. The first-order valence-corrected chi connectivity index (χ1v) is 10.1. The topological polar surface area (TPSA) is 40.5 Å². The van der Waals surface area contributed by atoms with E-state index in [-0.39, 0.29) is 5.41 Å². The van der Waals surface area contributed by atoms with Gasteiger partial charge < -0.3 is 10.2 Å². The summed E-state index contributed by atoms with van der Waals surface area (Å²) in [5.74, 6) is 2.45. The van der Waals surface area contributed by atoms with Crippen molar-refractivity contribution in [3.8, 4) is 0 Å². The summed E-state index contributed by atoms with van der Waals surface area (Å²) in [5, 5.41) is 22.7. The lowest BCUT2D eigenvalue weighted by Crippen LogP contribution is -2.64. The third-order valence-electron chi connectivity index (χ3n) is 9.34. The fourth-order valence-corrected chi connectivity index (χ4v) is 8.27. The fourth-order valence-electron chi connectivity index (χ4n) is 8.27. The Bertz CT molecular complexity index is 496. The molecular formula is C21H36O2. The smallest absolute Gasteiger partial charge is 0.0677 e. The minimum atomic E-state index is -0.630. The van der Waals surface area contributed by atoms with Crippen LogP contribution in [0, 0.1) is 34.5 Å². The Morgan fingerprint density at radius 1 is 0.826 bits per heavy atom. The van der Waals surface area contributed by atoms with E-state index in [0.29, 0.717) is 23.2 Å². The van der Waals surface area contributed by atoms with Gasteiger partial charge in [-0.15, -0.1) is 0 Å². The predicted molar refractivity (Wildman–Crippen MR) is 93.0 cm³/mol. The largest absolute Gasteiger partial charge is 0.390 e. The second-order valence-corrected chi connectivity index (χ2v) is 10.5. The third-order valence-corrected chi connectivity index (χ3v) is 9.34. The lowest BCUT2D eigenvalue weighted by atomic mass is 9.41. The number of fused-ring (bicyclic) bond motifs is 5. The highest BCUT2D eigenvalue weighted by Crippen LogP contribution is 2.70. The van der Waals surface area contributed by atoms with Crippen LogP contribution in [0.25, 0.3) is 0 Å². The van der Waals surface area contributed by atoms with Crippen LogP contribution in [-0.2, 0) is 0 Å². The molecule has 0 saturated heterocycles. The zero-order valence-corrected chi connectivity index (χ0v) is 15.6. The third kappa shape index (κ3) is 2.00. The first kappa shape index (κ1) is 16.4. The first-order valence-electron chi connectivity index (χ1n) is 10.1. The fraction of sp³-hybridized carbons (Fsp3) is 1.00. The summed E-state index contributed by atoms with van der Waals surface area (Å²) in [4.78, 5) is 0. The van der Waals surface area contributed by atoms with E-state index in [4.69, 9.17) is 0 Å². The molecule has 0 aliphatic heterocycles. The van der Waals surface area contributed by atoms with Crippen LogP contribution in [0.5, 0.6) is 0 Å². The average molecular weight is 321 g/mol. The van der Waals surface area contributed by atoms with Crippen molar-refractivity contribution in [3.05, 3.63) is 0 Å². The summed E-state index contributed by atoms with van der Waals surface area (Å²) < 4.78 is 0. The van der Waals surface area contributed by atoms with Crippen molar-refractivity contribution < 1.29 is 10.2 Å². The van der Waals surface area contributed by atoms with Crippen molar-refractivity contribution in [1.82, 2.24) is 0 Å². The highest BCUT2D eigenvalue weighted by molar-refractivity contribution is 5.17. The maximum absolute atomic E-state index is 11.6. The number of hydrogen-bond acceptors (Lipinski definition) is 2. The summed E-state index contributed by atoms with van der Waals surface area (Å²) in [5.41, 5.74) is -1.04. The van der Waals surface area contributed by atoms with Crippen molar-refractivity contribution in [2.75, 3.05) is 0 Å². The molecule has 2 nitrogen and oxygen atoms in total. The van der Waals surface area contributed by atoms with Gasteiger partial charge in [0.05, 0.1) is 11.2 Å². The molecule has 0 aromatic rings. The van der Waals surface area contributed by atoms with Gasteiger partial charge in [0.2, 0.25) is 0 Å². The Balaban J connectivity index is 1.77. The van der Waals surface area contributed by atoms with Crippen molar-refractivity contribution in [2.45, 2.75) is 96.7 Å². The zero-order chi connectivity index (χ0) is 16.7. The first-order chi connectivity index (χ1) is 10.6. The normalized spacial score (nSPS) is 62.3. The molecule has 4 aliphatic rings. The van der Waals surface area contributed by atoms with Gasteiger partial charge in [-0.2, -0.15) is 0 Å². The van der Waals surface area contributed by atoms with Gasteiger partial charge in [0.1, 0.15) is 0 Å². The van der Waals surface area contributed by atoms with Crippen LogP contribution in [-0.4, -0.2) is 21.4 Å². The van der Waals surface area contributed by atoms with Gasteiger partial charge in [-0.05, 0) is 87.9 Å². The summed E-state index contributed by atoms with van der Waals surface area (Å²) in [7, 11) is 0. The monoisotopic (exact) mass is 320 g/mol. The molecule has 23 heavy (non-hydrogen) atoms. The van der Waals surface area contributed by atoms with Crippen LogP contribution < -0.4 is 0 Å². The van der Waals surface area contributed by atoms with E-state index >= 15 is 0 Å². The molecule has 0 unspecified atom stereocenters. The molecule has 0 amide bonds. The van der Waals surface area contributed by atoms with Crippen molar-refractivity contribution >= 4 is 0 Å². The van der Waals surface area contributed by atoms with Gasteiger partial charge >= 0.3 is 0 Å². The van der Waals surface area contributed by atoms with E-state index in [1.54, 1.807) is 0 Å². The SMILES string of the molecule is C[C@]12CCCC[C@H]1CC[C@H]1[C@@H]3CC[C@@](C)(O)[C@@]3(C)C[C@@](C)(O)[C@@H]12. The summed E-state index contributed by atoms with van der Waals surface area (Å²) in [6, 6.07) is 0. The lowest BCUT2D eigenvalue weighted by Gasteiger charge is -2.65. The van der Waals surface area contributed by atoms with Crippen LogP contribution in [0.2, 0.25) is 0 Å². The molecule has 8 atom stereocenters. The van der Waals surface area contributed by atoms with Crippen LogP contribution in [0.3, 0.4) is 0 Å². The molecule has 2 N–H and O–H groups in total. The summed E-state index contributed by atoms with van der Waals surface area (Å²) in [6.07, 6.45) is 10.9. The highest BCUT2D eigenvalue weighted by atomic mass is 16.3. The molecule has 0 aromatic carbocycles. The Morgan fingerprint density at radius 3 is 2.30 bits per heavy atom. The molecule has 4 aliphatic carbocycles. The van der Waals surface area contributed by atoms with E-state index in [1.165, 1.54) is 38.5 Å². The van der Waals surface area contributed by atoms with E-state index in [0.717, 1.165) is 25.2 Å². The van der Waals surface area contributed by atoms with Crippen molar-refractivity contribution in [1.29, 1.82) is 0 Å². The maximum atomic E-state index is 11.6. The molecule has 0 spiro atoms. The van der Waals surface area contributed by atoms with E-state index in [2.05, 4.69) is 20.8 Å². The van der Waals surface area contributed by atoms with E-state index in [9.17, 15) is 10.2 Å². The molecular weight excluding hydrogens is 284 g/mol. The van der Waals surface area contributed by atoms with E-state index in [1.807, 2.05) is 6.92 Å². The quantitative estimate of drug-likeness (QED) is 0.688. The van der Waals surface area contributed by atoms with E-state index < -0.39 is 11.2 Å². The van der Waals surface area contributed by atoms with Crippen LogP contribution in [0.4, 0.5) is 0 Å². The molecule has 0 radical (unpaired) electrons. The Morgan fingerprint density at radius 2 is 1.57 bits per heavy atom.